The fourth-order valence-electron chi connectivity index (χ4n) is 3.18. The van der Waals surface area contributed by atoms with Crippen molar-refractivity contribution in [2.75, 3.05) is 13.6 Å². The molecular formula is C21H25F2N5O. The van der Waals surface area contributed by atoms with E-state index in [1.165, 1.54) is 6.07 Å². The van der Waals surface area contributed by atoms with Gasteiger partial charge in [-0.3, -0.25) is 4.99 Å². The summed E-state index contributed by atoms with van der Waals surface area (Å²) in [5.74, 6) is 1.75. The molecule has 2 aromatic carbocycles. The van der Waals surface area contributed by atoms with E-state index in [0.717, 1.165) is 29.8 Å². The number of halogens is 2. The molecule has 0 spiro atoms. The number of aryl methyl sites for hydroxylation is 2. The van der Waals surface area contributed by atoms with E-state index in [2.05, 4.69) is 36.0 Å². The largest absolute Gasteiger partial charge is 0.434 e. The highest BCUT2D eigenvalue weighted by atomic mass is 19.3. The average molecular weight is 401 g/mol. The van der Waals surface area contributed by atoms with Crippen LogP contribution in [0.2, 0.25) is 0 Å². The molecule has 3 aromatic rings. The van der Waals surface area contributed by atoms with Gasteiger partial charge in [-0.25, -0.2) is 4.98 Å². The molecule has 154 valence electrons. The lowest BCUT2D eigenvalue weighted by Gasteiger charge is -2.15. The fourth-order valence-corrected chi connectivity index (χ4v) is 3.18. The monoisotopic (exact) mass is 401 g/mol. The number of fused-ring (bicyclic) bond motifs is 1. The number of nitrogens with one attached hydrogen (secondary N) is 2. The van der Waals surface area contributed by atoms with E-state index in [-0.39, 0.29) is 5.75 Å². The van der Waals surface area contributed by atoms with Crippen LogP contribution >= 0.6 is 0 Å². The third-order valence-corrected chi connectivity index (χ3v) is 4.55. The van der Waals surface area contributed by atoms with Gasteiger partial charge in [0.05, 0.1) is 11.0 Å². The van der Waals surface area contributed by atoms with Gasteiger partial charge in [-0.2, -0.15) is 8.78 Å². The highest BCUT2D eigenvalue weighted by Gasteiger charge is 2.10. The number of alkyl halides is 2. The van der Waals surface area contributed by atoms with Gasteiger partial charge >= 0.3 is 6.61 Å². The Morgan fingerprint density at radius 1 is 1.14 bits per heavy atom. The van der Waals surface area contributed by atoms with Crippen LogP contribution < -0.4 is 15.4 Å². The van der Waals surface area contributed by atoms with Crippen molar-refractivity contribution in [3.05, 3.63) is 59.9 Å². The lowest BCUT2D eigenvalue weighted by molar-refractivity contribution is -0.0504. The maximum Gasteiger partial charge on any atom is 0.387 e. The van der Waals surface area contributed by atoms with Crippen LogP contribution in [0.25, 0.3) is 11.0 Å². The third kappa shape index (κ3) is 5.43. The van der Waals surface area contributed by atoms with Crippen LogP contribution in [0.3, 0.4) is 0 Å². The summed E-state index contributed by atoms with van der Waals surface area (Å²) >= 11 is 0. The Bertz CT molecular complexity index is 971. The van der Waals surface area contributed by atoms with E-state index in [9.17, 15) is 8.78 Å². The molecule has 0 radical (unpaired) electrons. The number of imidazole rings is 1. The van der Waals surface area contributed by atoms with Gasteiger partial charge in [0, 0.05) is 32.2 Å². The zero-order valence-electron chi connectivity index (χ0n) is 16.5. The van der Waals surface area contributed by atoms with Crippen molar-refractivity contribution in [1.82, 2.24) is 20.2 Å². The van der Waals surface area contributed by atoms with Gasteiger partial charge in [-0.15, -0.1) is 0 Å². The first kappa shape index (κ1) is 20.6. The number of ether oxygens (including phenoxy) is 1. The van der Waals surface area contributed by atoms with E-state index in [4.69, 9.17) is 0 Å². The second-order valence-electron chi connectivity index (χ2n) is 6.49. The molecule has 3 rings (SSSR count). The minimum atomic E-state index is -2.85. The molecule has 0 aliphatic carbocycles. The zero-order chi connectivity index (χ0) is 20.6. The highest BCUT2D eigenvalue weighted by molar-refractivity contribution is 5.79. The molecule has 0 atom stereocenters. The number of hydrogen-bond donors (Lipinski definition) is 2. The maximum atomic E-state index is 12.5. The zero-order valence-corrected chi connectivity index (χ0v) is 16.5. The summed E-state index contributed by atoms with van der Waals surface area (Å²) in [6.45, 7) is 1.03. The number of rotatable bonds is 8. The summed E-state index contributed by atoms with van der Waals surface area (Å²) in [7, 11) is 1.67. The van der Waals surface area contributed by atoms with Crippen molar-refractivity contribution in [2.24, 2.45) is 4.99 Å². The van der Waals surface area contributed by atoms with Crippen molar-refractivity contribution in [3.63, 3.8) is 0 Å². The molecule has 0 aliphatic heterocycles. The Morgan fingerprint density at radius 3 is 2.69 bits per heavy atom. The normalized spacial score (nSPS) is 11.8. The molecule has 0 bridgehead atoms. The Hall–Kier alpha value is -3.16. The van der Waals surface area contributed by atoms with Crippen molar-refractivity contribution >= 4 is 17.0 Å². The molecule has 1 heterocycles. The second kappa shape index (κ2) is 9.86. The van der Waals surface area contributed by atoms with Gasteiger partial charge in [0.1, 0.15) is 11.6 Å². The summed E-state index contributed by atoms with van der Waals surface area (Å²) < 4.78 is 31.8. The molecule has 0 unspecified atom stereocenters. The van der Waals surface area contributed by atoms with Crippen LogP contribution in [-0.4, -0.2) is 35.7 Å². The number of nitrogens with zero attached hydrogens (tertiary/aromatic N) is 3. The molecule has 6 nitrogen and oxygen atoms in total. The van der Waals surface area contributed by atoms with E-state index in [1.807, 2.05) is 25.1 Å². The smallest absolute Gasteiger partial charge is 0.387 e. The van der Waals surface area contributed by atoms with E-state index >= 15 is 0 Å². The van der Waals surface area contributed by atoms with Crippen LogP contribution in [-0.2, 0) is 13.1 Å². The predicted octanol–water partition coefficient (Wildman–Crippen LogP) is 3.70. The summed E-state index contributed by atoms with van der Waals surface area (Å²) in [5, 5.41) is 6.37. The number of aliphatic imine (C=N–C) groups is 1. The SMILES string of the molecule is CN=C(NCCCn1c(C)nc2ccccc21)NCc1ccccc1OC(F)F. The summed E-state index contributed by atoms with van der Waals surface area (Å²) in [4.78, 5) is 8.76. The molecule has 0 fully saturated rings. The van der Waals surface area contributed by atoms with Crippen molar-refractivity contribution in [3.8, 4) is 5.75 Å². The molecular weight excluding hydrogens is 376 g/mol. The van der Waals surface area contributed by atoms with Crippen molar-refractivity contribution in [2.45, 2.75) is 33.0 Å². The Kier molecular flexibility index (Phi) is 6.99. The first-order valence-electron chi connectivity index (χ1n) is 9.47. The Labute approximate surface area is 168 Å². The Balaban J connectivity index is 1.49. The molecule has 0 aliphatic rings. The molecule has 1 aromatic heterocycles. The number of aromatic nitrogens is 2. The van der Waals surface area contributed by atoms with E-state index in [0.29, 0.717) is 24.6 Å². The fraction of sp³-hybridized carbons (Fsp3) is 0.333. The molecule has 29 heavy (non-hydrogen) atoms. The second-order valence-corrected chi connectivity index (χ2v) is 6.49. The lowest BCUT2D eigenvalue weighted by atomic mass is 10.2. The topological polar surface area (TPSA) is 63.5 Å². The van der Waals surface area contributed by atoms with Gasteiger partial charge in [0.2, 0.25) is 0 Å². The number of hydrogen-bond acceptors (Lipinski definition) is 3. The minimum Gasteiger partial charge on any atom is -0.434 e. The van der Waals surface area contributed by atoms with Crippen LogP contribution in [0.1, 0.15) is 17.8 Å². The third-order valence-electron chi connectivity index (χ3n) is 4.55. The van der Waals surface area contributed by atoms with E-state index < -0.39 is 6.61 Å². The predicted molar refractivity (Wildman–Crippen MR) is 110 cm³/mol. The molecule has 0 amide bonds. The van der Waals surface area contributed by atoms with Crippen LogP contribution in [0.15, 0.2) is 53.5 Å². The number of guanidine groups is 1. The van der Waals surface area contributed by atoms with E-state index in [1.54, 1.807) is 25.2 Å². The van der Waals surface area contributed by atoms with Crippen LogP contribution in [0, 0.1) is 6.92 Å². The van der Waals surface area contributed by atoms with Gasteiger partial charge in [0.15, 0.2) is 5.96 Å². The lowest BCUT2D eigenvalue weighted by Crippen LogP contribution is -2.37. The van der Waals surface area contributed by atoms with Gasteiger partial charge < -0.3 is 19.9 Å². The maximum absolute atomic E-state index is 12.5. The van der Waals surface area contributed by atoms with Gasteiger partial charge in [-0.05, 0) is 31.5 Å². The van der Waals surface area contributed by atoms with Crippen molar-refractivity contribution in [1.29, 1.82) is 0 Å². The summed E-state index contributed by atoms with van der Waals surface area (Å²) in [5.41, 5.74) is 2.76. The molecule has 0 saturated carbocycles. The number of para-hydroxylation sites is 3. The van der Waals surface area contributed by atoms with Gasteiger partial charge in [-0.1, -0.05) is 30.3 Å². The number of benzene rings is 2. The summed E-state index contributed by atoms with van der Waals surface area (Å²) in [6, 6.07) is 14.8. The molecule has 0 saturated heterocycles. The van der Waals surface area contributed by atoms with Crippen LogP contribution in [0.4, 0.5) is 8.78 Å². The van der Waals surface area contributed by atoms with Crippen LogP contribution in [0.5, 0.6) is 5.75 Å². The first-order chi connectivity index (χ1) is 14.1. The van der Waals surface area contributed by atoms with Gasteiger partial charge in [0.25, 0.3) is 0 Å². The standard InChI is InChI=1S/C21H25F2N5O/c1-15-27-17-9-4-5-10-18(17)28(15)13-7-12-25-21(24-2)26-14-16-8-3-6-11-19(16)29-20(22)23/h3-6,8-11,20H,7,12-14H2,1-2H3,(H2,24,25,26). The van der Waals surface area contributed by atoms with Crippen molar-refractivity contribution < 1.29 is 13.5 Å². The summed E-state index contributed by atoms with van der Waals surface area (Å²) in [6.07, 6.45) is 0.882. The molecule has 2 N–H and O–H groups in total. The first-order valence-corrected chi connectivity index (χ1v) is 9.47. The highest BCUT2D eigenvalue weighted by Crippen LogP contribution is 2.20. The quantitative estimate of drug-likeness (QED) is 0.343. The minimum absolute atomic E-state index is 0.160. The molecule has 8 heteroatoms. The Morgan fingerprint density at radius 2 is 1.90 bits per heavy atom. The average Bonchev–Trinajstić information content (AvgIpc) is 3.03.